The molecule has 0 saturated heterocycles. The third-order valence-corrected chi connectivity index (χ3v) is 2.48. The molecule has 2 rings (SSSR count). The van der Waals surface area contributed by atoms with Crippen molar-refractivity contribution < 1.29 is 9.53 Å². The van der Waals surface area contributed by atoms with Gasteiger partial charge in [-0.2, -0.15) is 5.10 Å². The van der Waals surface area contributed by atoms with Gasteiger partial charge in [0.2, 0.25) is 0 Å². The lowest BCUT2D eigenvalue weighted by Crippen LogP contribution is -2.03. The molecule has 0 radical (unpaired) electrons. The number of nitrogens with one attached hydrogen (secondary N) is 1. The number of aromatic nitrogens is 3. The van der Waals surface area contributed by atoms with Crippen LogP contribution in [0.25, 0.3) is 0 Å². The number of benzene rings is 1. The highest BCUT2D eigenvalue weighted by atomic mass is 16.5. The first-order valence-corrected chi connectivity index (χ1v) is 5.31. The van der Waals surface area contributed by atoms with E-state index in [1.165, 1.54) is 6.33 Å². The zero-order valence-electron chi connectivity index (χ0n) is 9.51. The van der Waals surface area contributed by atoms with E-state index in [-0.39, 0.29) is 5.78 Å². The largest absolute Gasteiger partial charge is 0.497 e. The minimum Gasteiger partial charge on any atom is -0.497 e. The van der Waals surface area contributed by atoms with Gasteiger partial charge < -0.3 is 4.74 Å². The average Bonchev–Trinajstić information content (AvgIpc) is 2.90. The zero-order chi connectivity index (χ0) is 12.1. The van der Waals surface area contributed by atoms with Crippen LogP contribution in [-0.4, -0.2) is 28.1 Å². The summed E-state index contributed by atoms with van der Waals surface area (Å²) >= 11 is 0. The molecule has 0 fully saturated rings. The number of H-pyrrole nitrogens is 1. The Bertz CT molecular complexity index is 477. The summed E-state index contributed by atoms with van der Waals surface area (Å²) in [5.74, 6) is 1.10. The lowest BCUT2D eigenvalue weighted by atomic mass is 10.1. The van der Waals surface area contributed by atoms with Crippen molar-refractivity contribution in [2.75, 3.05) is 7.11 Å². The second kappa shape index (κ2) is 5.25. The van der Waals surface area contributed by atoms with Crippen molar-refractivity contribution in [1.82, 2.24) is 15.2 Å². The summed E-state index contributed by atoms with van der Waals surface area (Å²) in [5, 5.41) is 6.21. The van der Waals surface area contributed by atoms with Gasteiger partial charge in [0.25, 0.3) is 0 Å². The molecule has 5 heteroatoms. The SMILES string of the molecule is COc1ccc(CCC(=O)c2ncn[nH]2)cc1. The number of aryl methyl sites for hydroxylation is 1. The van der Waals surface area contributed by atoms with E-state index in [0.717, 1.165) is 11.3 Å². The van der Waals surface area contributed by atoms with Crippen molar-refractivity contribution in [2.24, 2.45) is 0 Å². The molecule has 5 nitrogen and oxygen atoms in total. The summed E-state index contributed by atoms with van der Waals surface area (Å²) in [7, 11) is 1.63. The minimum atomic E-state index is -0.0293. The van der Waals surface area contributed by atoms with Gasteiger partial charge in [-0.1, -0.05) is 12.1 Å². The van der Waals surface area contributed by atoms with Crippen LogP contribution in [0.5, 0.6) is 5.75 Å². The number of hydrogen-bond acceptors (Lipinski definition) is 4. The van der Waals surface area contributed by atoms with Crippen molar-refractivity contribution >= 4 is 5.78 Å². The fraction of sp³-hybridized carbons (Fsp3) is 0.250. The quantitative estimate of drug-likeness (QED) is 0.794. The van der Waals surface area contributed by atoms with Gasteiger partial charge in [0, 0.05) is 6.42 Å². The molecule has 2 aromatic rings. The highest BCUT2D eigenvalue weighted by molar-refractivity contribution is 5.92. The molecule has 1 aromatic carbocycles. The monoisotopic (exact) mass is 231 g/mol. The number of hydrogen-bond donors (Lipinski definition) is 1. The van der Waals surface area contributed by atoms with Gasteiger partial charge in [-0.25, -0.2) is 4.98 Å². The van der Waals surface area contributed by atoms with Crippen LogP contribution in [0, 0.1) is 0 Å². The maximum absolute atomic E-state index is 11.6. The molecular weight excluding hydrogens is 218 g/mol. The highest BCUT2D eigenvalue weighted by Gasteiger charge is 2.08. The van der Waals surface area contributed by atoms with Crippen LogP contribution in [-0.2, 0) is 6.42 Å². The number of ketones is 1. The van der Waals surface area contributed by atoms with Crippen LogP contribution in [0.3, 0.4) is 0 Å². The van der Waals surface area contributed by atoms with E-state index in [1.807, 2.05) is 24.3 Å². The number of nitrogens with zero attached hydrogens (tertiary/aromatic N) is 2. The third kappa shape index (κ3) is 2.90. The molecule has 0 saturated carbocycles. The highest BCUT2D eigenvalue weighted by Crippen LogP contribution is 2.13. The van der Waals surface area contributed by atoms with Crippen molar-refractivity contribution in [3.05, 3.63) is 42.0 Å². The molecular formula is C12H13N3O2. The minimum absolute atomic E-state index is 0.0293. The first-order chi connectivity index (χ1) is 8.29. The molecule has 0 aliphatic rings. The molecule has 0 unspecified atom stereocenters. The van der Waals surface area contributed by atoms with E-state index in [1.54, 1.807) is 7.11 Å². The van der Waals surface area contributed by atoms with Crippen molar-refractivity contribution in [3.63, 3.8) is 0 Å². The van der Waals surface area contributed by atoms with E-state index in [4.69, 9.17) is 4.74 Å². The predicted molar refractivity (Wildman–Crippen MR) is 62.0 cm³/mol. The molecule has 1 N–H and O–H groups in total. The smallest absolute Gasteiger partial charge is 0.199 e. The van der Waals surface area contributed by atoms with Gasteiger partial charge in [0.15, 0.2) is 11.6 Å². The number of carbonyl (C=O) groups excluding carboxylic acids is 1. The van der Waals surface area contributed by atoms with Gasteiger partial charge >= 0.3 is 0 Å². The molecule has 0 spiro atoms. The summed E-state index contributed by atoms with van der Waals surface area (Å²) in [6.07, 6.45) is 2.44. The second-order valence-corrected chi connectivity index (χ2v) is 3.61. The molecule has 0 amide bonds. The number of Topliss-reactive ketones (excluding diaryl/α,β-unsaturated/α-hetero) is 1. The molecule has 88 valence electrons. The standard InChI is InChI=1S/C12H13N3O2/c1-17-10-5-2-9(3-6-10)4-7-11(16)12-13-8-14-15-12/h2-3,5-6,8H,4,7H2,1H3,(H,13,14,15). The van der Waals surface area contributed by atoms with Crippen LogP contribution in [0.4, 0.5) is 0 Å². The molecule has 17 heavy (non-hydrogen) atoms. The maximum atomic E-state index is 11.6. The fourth-order valence-corrected chi connectivity index (χ4v) is 1.51. The summed E-state index contributed by atoms with van der Waals surface area (Å²) in [6, 6.07) is 7.67. The first kappa shape index (κ1) is 11.3. The van der Waals surface area contributed by atoms with Gasteiger partial charge in [0.05, 0.1) is 7.11 Å². The van der Waals surface area contributed by atoms with Crippen molar-refractivity contribution in [1.29, 1.82) is 0 Å². The molecule has 0 bridgehead atoms. The maximum Gasteiger partial charge on any atom is 0.199 e. The Morgan fingerprint density at radius 2 is 2.12 bits per heavy atom. The van der Waals surface area contributed by atoms with Crippen molar-refractivity contribution in [2.45, 2.75) is 12.8 Å². The molecule has 0 atom stereocenters. The first-order valence-electron chi connectivity index (χ1n) is 5.31. The van der Waals surface area contributed by atoms with Gasteiger partial charge in [-0.3, -0.25) is 9.89 Å². The third-order valence-electron chi connectivity index (χ3n) is 2.48. The normalized spacial score (nSPS) is 10.2. The average molecular weight is 231 g/mol. The number of methoxy groups -OCH3 is 1. The van der Waals surface area contributed by atoms with E-state index in [0.29, 0.717) is 18.7 Å². The van der Waals surface area contributed by atoms with E-state index < -0.39 is 0 Å². The van der Waals surface area contributed by atoms with Gasteiger partial charge in [-0.15, -0.1) is 0 Å². The van der Waals surface area contributed by atoms with Gasteiger partial charge in [0.1, 0.15) is 12.1 Å². The summed E-state index contributed by atoms with van der Waals surface area (Å²) in [5.41, 5.74) is 1.10. The van der Waals surface area contributed by atoms with Crippen LogP contribution in [0.1, 0.15) is 22.6 Å². The molecule has 1 aromatic heterocycles. The van der Waals surface area contributed by atoms with E-state index in [2.05, 4.69) is 15.2 Å². The van der Waals surface area contributed by atoms with Crippen LogP contribution >= 0.6 is 0 Å². The number of rotatable bonds is 5. The Kier molecular flexibility index (Phi) is 3.49. The number of ether oxygens (including phenoxy) is 1. The fourth-order valence-electron chi connectivity index (χ4n) is 1.51. The van der Waals surface area contributed by atoms with Crippen LogP contribution < -0.4 is 4.74 Å². The second-order valence-electron chi connectivity index (χ2n) is 3.61. The summed E-state index contributed by atoms with van der Waals surface area (Å²) in [6.45, 7) is 0. The topological polar surface area (TPSA) is 67.9 Å². The lowest BCUT2D eigenvalue weighted by Gasteiger charge is -2.02. The number of carbonyl (C=O) groups is 1. The lowest BCUT2D eigenvalue weighted by molar-refractivity contribution is 0.0973. The Balaban J connectivity index is 1.91. The Hall–Kier alpha value is -2.17. The molecule has 0 aliphatic carbocycles. The Morgan fingerprint density at radius 3 is 2.71 bits per heavy atom. The zero-order valence-corrected chi connectivity index (χ0v) is 9.51. The predicted octanol–water partition coefficient (Wildman–Crippen LogP) is 1.63. The van der Waals surface area contributed by atoms with Gasteiger partial charge in [-0.05, 0) is 24.1 Å². The van der Waals surface area contributed by atoms with Crippen molar-refractivity contribution in [3.8, 4) is 5.75 Å². The van der Waals surface area contributed by atoms with Crippen LogP contribution in [0.2, 0.25) is 0 Å². The van der Waals surface area contributed by atoms with Crippen LogP contribution in [0.15, 0.2) is 30.6 Å². The van der Waals surface area contributed by atoms with E-state index in [9.17, 15) is 4.79 Å². The van der Waals surface area contributed by atoms with E-state index >= 15 is 0 Å². The summed E-state index contributed by atoms with van der Waals surface area (Å²) < 4.78 is 5.06. The molecule has 1 heterocycles. The number of aromatic amines is 1. The Morgan fingerprint density at radius 1 is 1.35 bits per heavy atom. The summed E-state index contributed by atoms with van der Waals surface area (Å²) in [4.78, 5) is 15.5. The molecule has 0 aliphatic heterocycles. The Labute approximate surface area is 98.8 Å².